The first-order valence-corrected chi connectivity index (χ1v) is 7.25. The molecule has 0 aromatic rings. The Morgan fingerprint density at radius 2 is 2.05 bits per heavy atom. The van der Waals surface area contributed by atoms with Crippen LogP contribution in [0.2, 0.25) is 0 Å². The molecule has 0 aromatic carbocycles. The standard InChI is InChI=1S/C14H24N2O3/c1-4-14(5-2)13(18)16(11-6-7-19-9-11)10(3)8-12(17)15-14/h10-11H,4-9H2,1-3H3,(H,15,17). The molecule has 2 saturated heterocycles. The van der Waals surface area contributed by atoms with Gasteiger partial charge in [-0.1, -0.05) is 13.8 Å². The van der Waals surface area contributed by atoms with Gasteiger partial charge in [0.05, 0.1) is 12.6 Å². The molecule has 108 valence electrons. The van der Waals surface area contributed by atoms with Crippen molar-refractivity contribution in [2.24, 2.45) is 0 Å². The lowest BCUT2D eigenvalue weighted by Crippen LogP contribution is -2.59. The van der Waals surface area contributed by atoms with E-state index in [1.54, 1.807) is 0 Å². The summed E-state index contributed by atoms with van der Waals surface area (Å²) in [5.74, 6) is 0.0392. The average Bonchev–Trinajstić information content (AvgIpc) is 2.86. The molecule has 0 spiro atoms. The Kier molecular flexibility index (Phi) is 4.13. The highest BCUT2D eigenvalue weighted by molar-refractivity contribution is 5.94. The molecule has 0 aliphatic carbocycles. The van der Waals surface area contributed by atoms with Crippen molar-refractivity contribution in [2.75, 3.05) is 13.2 Å². The van der Waals surface area contributed by atoms with Crippen LogP contribution in [-0.2, 0) is 14.3 Å². The van der Waals surface area contributed by atoms with Gasteiger partial charge >= 0.3 is 0 Å². The first-order chi connectivity index (χ1) is 9.04. The predicted octanol–water partition coefficient (Wildman–Crippen LogP) is 1.07. The minimum atomic E-state index is -0.732. The van der Waals surface area contributed by atoms with Crippen molar-refractivity contribution in [1.82, 2.24) is 10.2 Å². The molecule has 2 amide bonds. The Bertz CT molecular complexity index is 360. The highest BCUT2D eigenvalue weighted by Crippen LogP contribution is 2.28. The maximum absolute atomic E-state index is 12.9. The van der Waals surface area contributed by atoms with Crippen LogP contribution in [0.4, 0.5) is 0 Å². The van der Waals surface area contributed by atoms with Crippen LogP contribution in [0.3, 0.4) is 0 Å². The van der Waals surface area contributed by atoms with Crippen molar-refractivity contribution in [3.05, 3.63) is 0 Å². The zero-order valence-corrected chi connectivity index (χ0v) is 12.1. The highest BCUT2D eigenvalue weighted by atomic mass is 16.5. The van der Waals surface area contributed by atoms with Crippen LogP contribution in [0.1, 0.15) is 46.5 Å². The third kappa shape index (κ3) is 2.48. The molecule has 0 radical (unpaired) electrons. The molecule has 2 aliphatic heterocycles. The minimum Gasteiger partial charge on any atom is -0.379 e. The molecule has 2 unspecified atom stereocenters. The Hall–Kier alpha value is -1.10. The maximum atomic E-state index is 12.9. The van der Waals surface area contributed by atoms with E-state index >= 15 is 0 Å². The van der Waals surface area contributed by atoms with E-state index in [0.717, 1.165) is 6.42 Å². The third-order valence-electron chi connectivity index (χ3n) is 4.48. The molecule has 5 heteroatoms. The van der Waals surface area contributed by atoms with Gasteiger partial charge in [-0.25, -0.2) is 0 Å². The first kappa shape index (κ1) is 14.3. The van der Waals surface area contributed by atoms with Gasteiger partial charge in [-0.15, -0.1) is 0 Å². The summed E-state index contributed by atoms with van der Waals surface area (Å²) in [6, 6.07) is 0.0619. The van der Waals surface area contributed by atoms with Crippen molar-refractivity contribution in [2.45, 2.75) is 64.1 Å². The van der Waals surface area contributed by atoms with Crippen LogP contribution >= 0.6 is 0 Å². The van der Waals surface area contributed by atoms with E-state index < -0.39 is 5.54 Å². The number of ether oxygens (including phenoxy) is 1. The zero-order valence-electron chi connectivity index (χ0n) is 12.1. The minimum absolute atomic E-state index is 0.0223. The maximum Gasteiger partial charge on any atom is 0.248 e. The van der Waals surface area contributed by atoms with Gasteiger partial charge in [-0.3, -0.25) is 9.59 Å². The Morgan fingerprint density at radius 1 is 1.37 bits per heavy atom. The van der Waals surface area contributed by atoms with Crippen molar-refractivity contribution < 1.29 is 14.3 Å². The van der Waals surface area contributed by atoms with Crippen molar-refractivity contribution in [1.29, 1.82) is 0 Å². The second-order valence-corrected chi connectivity index (χ2v) is 5.62. The van der Waals surface area contributed by atoms with Gasteiger partial charge in [-0.05, 0) is 26.2 Å². The van der Waals surface area contributed by atoms with Crippen molar-refractivity contribution in [3.63, 3.8) is 0 Å². The Labute approximate surface area is 114 Å². The number of nitrogens with zero attached hydrogens (tertiary/aromatic N) is 1. The van der Waals surface area contributed by atoms with Gasteiger partial charge in [0.15, 0.2) is 0 Å². The van der Waals surface area contributed by atoms with Crippen LogP contribution in [0.5, 0.6) is 0 Å². The molecule has 0 saturated carbocycles. The lowest BCUT2D eigenvalue weighted by Gasteiger charge is -2.38. The molecule has 2 heterocycles. The third-order valence-corrected chi connectivity index (χ3v) is 4.48. The number of carbonyl (C=O) groups excluding carboxylic acids is 2. The molecule has 1 N–H and O–H groups in total. The molecular weight excluding hydrogens is 244 g/mol. The van der Waals surface area contributed by atoms with Gasteiger partial charge in [0.1, 0.15) is 5.54 Å². The van der Waals surface area contributed by atoms with Gasteiger partial charge < -0.3 is 15.0 Å². The summed E-state index contributed by atoms with van der Waals surface area (Å²) >= 11 is 0. The normalized spacial score (nSPS) is 31.2. The summed E-state index contributed by atoms with van der Waals surface area (Å²) in [5, 5.41) is 2.95. The van der Waals surface area contributed by atoms with E-state index in [0.29, 0.717) is 32.5 Å². The largest absolute Gasteiger partial charge is 0.379 e. The summed E-state index contributed by atoms with van der Waals surface area (Å²) in [6.07, 6.45) is 2.51. The molecule has 0 aromatic heterocycles. The fourth-order valence-corrected chi connectivity index (χ4v) is 3.18. The van der Waals surface area contributed by atoms with E-state index in [2.05, 4.69) is 5.32 Å². The molecule has 2 fully saturated rings. The second-order valence-electron chi connectivity index (χ2n) is 5.62. The summed E-state index contributed by atoms with van der Waals surface area (Å²) < 4.78 is 5.41. The lowest BCUT2D eigenvalue weighted by atomic mass is 9.90. The average molecular weight is 268 g/mol. The van der Waals surface area contributed by atoms with E-state index in [4.69, 9.17) is 4.74 Å². The fraction of sp³-hybridized carbons (Fsp3) is 0.857. The van der Waals surface area contributed by atoms with E-state index in [1.807, 2.05) is 25.7 Å². The van der Waals surface area contributed by atoms with Crippen LogP contribution < -0.4 is 5.32 Å². The number of hydrogen-bond donors (Lipinski definition) is 1. The van der Waals surface area contributed by atoms with Gasteiger partial charge in [-0.2, -0.15) is 0 Å². The van der Waals surface area contributed by atoms with Crippen molar-refractivity contribution in [3.8, 4) is 0 Å². The summed E-state index contributed by atoms with van der Waals surface area (Å²) in [6.45, 7) is 7.17. The monoisotopic (exact) mass is 268 g/mol. The van der Waals surface area contributed by atoms with Crippen LogP contribution in [-0.4, -0.2) is 47.6 Å². The van der Waals surface area contributed by atoms with E-state index in [9.17, 15) is 9.59 Å². The van der Waals surface area contributed by atoms with Gasteiger partial charge in [0, 0.05) is 19.1 Å². The Balaban J connectivity index is 2.33. The number of amides is 2. The lowest BCUT2D eigenvalue weighted by molar-refractivity contribution is -0.143. The van der Waals surface area contributed by atoms with Crippen molar-refractivity contribution >= 4 is 11.8 Å². The molecule has 2 atom stereocenters. The Morgan fingerprint density at radius 3 is 2.58 bits per heavy atom. The first-order valence-electron chi connectivity index (χ1n) is 7.25. The highest BCUT2D eigenvalue weighted by Gasteiger charge is 2.46. The molecular formula is C14H24N2O3. The smallest absolute Gasteiger partial charge is 0.248 e. The summed E-state index contributed by atoms with van der Waals surface area (Å²) in [7, 11) is 0. The number of rotatable bonds is 3. The summed E-state index contributed by atoms with van der Waals surface area (Å²) in [5.41, 5.74) is -0.732. The predicted molar refractivity (Wildman–Crippen MR) is 71.6 cm³/mol. The van der Waals surface area contributed by atoms with Crippen LogP contribution in [0, 0.1) is 0 Å². The van der Waals surface area contributed by atoms with E-state index in [-0.39, 0.29) is 23.9 Å². The molecule has 19 heavy (non-hydrogen) atoms. The summed E-state index contributed by atoms with van der Waals surface area (Å²) in [4.78, 5) is 26.8. The number of hydrogen-bond acceptors (Lipinski definition) is 3. The topological polar surface area (TPSA) is 58.6 Å². The van der Waals surface area contributed by atoms with Crippen LogP contribution in [0.25, 0.3) is 0 Å². The quantitative estimate of drug-likeness (QED) is 0.833. The zero-order chi connectivity index (χ0) is 14.0. The van der Waals surface area contributed by atoms with Gasteiger partial charge in [0.2, 0.25) is 11.8 Å². The molecule has 2 aliphatic rings. The molecule has 2 rings (SSSR count). The van der Waals surface area contributed by atoms with E-state index in [1.165, 1.54) is 0 Å². The number of nitrogens with one attached hydrogen (secondary N) is 1. The van der Waals surface area contributed by atoms with Crippen LogP contribution in [0.15, 0.2) is 0 Å². The number of carbonyl (C=O) groups is 2. The molecule has 0 bridgehead atoms. The SMILES string of the molecule is CCC1(CC)NC(=O)CC(C)N(C2CCOC2)C1=O. The molecule has 5 nitrogen and oxygen atoms in total. The fourth-order valence-electron chi connectivity index (χ4n) is 3.18. The van der Waals surface area contributed by atoms with Gasteiger partial charge in [0.25, 0.3) is 0 Å². The second kappa shape index (κ2) is 5.49.